The Morgan fingerprint density at radius 3 is 2.41 bits per heavy atom. The molecule has 3 aromatic carbocycles. The van der Waals surface area contributed by atoms with Crippen molar-refractivity contribution in [3.63, 3.8) is 0 Å². The van der Waals surface area contributed by atoms with E-state index in [0.29, 0.717) is 28.2 Å². The van der Waals surface area contributed by atoms with Crippen molar-refractivity contribution in [3.05, 3.63) is 94.5 Å². The van der Waals surface area contributed by atoms with Crippen molar-refractivity contribution < 1.29 is 4.79 Å². The summed E-state index contributed by atoms with van der Waals surface area (Å²) in [6, 6.07) is 23.2. The standard InChI is InChI=1S/C24H21ClN2OS/c1-16(2)20-9-6-10-21-22(20)26-24(29-21)27(15-17-7-4-3-5-8-17)23(28)18-11-13-19(25)14-12-18/h3-14,16H,15H2,1-2H3. The molecule has 5 heteroatoms. The minimum atomic E-state index is -0.0873. The average molecular weight is 421 g/mol. The summed E-state index contributed by atoms with van der Waals surface area (Å²) in [6.45, 7) is 4.78. The Bertz CT molecular complexity index is 1140. The molecule has 0 bridgehead atoms. The Kier molecular flexibility index (Phi) is 5.65. The number of aromatic nitrogens is 1. The summed E-state index contributed by atoms with van der Waals surface area (Å²) in [6.07, 6.45) is 0. The number of hydrogen-bond donors (Lipinski definition) is 0. The summed E-state index contributed by atoms with van der Waals surface area (Å²) in [7, 11) is 0. The van der Waals surface area contributed by atoms with Crippen LogP contribution in [0.5, 0.6) is 0 Å². The number of hydrogen-bond acceptors (Lipinski definition) is 3. The van der Waals surface area contributed by atoms with Gasteiger partial charge in [-0.1, -0.05) is 79.2 Å². The molecule has 0 fully saturated rings. The van der Waals surface area contributed by atoms with Gasteiger partial charge in [-0.2, -0.15) is 0 Å². The summed E-state index contributed by atoms with van der Waals surface area (Å²) in [4.78, 5) is 20.1. The fraction of sp³-hybridized carbons (Fsp3) is 0.167. The van der Waals surface area contributed by atoms with Gasteiger partial charge in [-0.05, 0) is 47.4 Å². The maximum absolute atomic E-state index is 13.4. The maximum atomic E-state index is 13.4. The van der Waals surface area contributed by atoms with Crippen molar-refractivity contribution in [1.82, 2.24) is 4.98 Å². The third-order valence-electron chi connectivity index (χ3n) is 4.81. The molecule has 0 saturated carbocycles. The summed E-state index contributed by atoms with van der Waals surface area (Å²) in [5.41, 5.74) is 3.82. The van der Waals surface area contributed by atoms with E-state index in [1.54, 1.807) is 40.5 Å². The molecule has 0 aliphatic carbocycles. The number of thiazole rings is 1. The summed E-state index contributed by atoms with van der Waals surface area (Å²) in [5.74, 6) is 0.277. The molecule has 3 nitrogen and oxygen atoms in total. The Labute approximate surface area is 179 Å². The third-order valence-corrected chi connectivity index (χ3v) is 6.11. The van der Waals surface area contributed by atoms with Crippen LogP contribution in [0.1, 0.15) is 41.3 Å². The predicted octanol–water partition coefficient (Wildman–Crippen LogP) is 6.92. The molecular weight excluding hydrogens is 400 g/mol. The van der Waals surface area contributed by atoms with Crippen LogP contribution in [0.2, 0.25) is 5.02 Å². The number of halogens is 1. The van der Waals surface area contributed by atoms with Crippen LogP contribution in [0.25, 0.3) is 10.2 Å². The van der Waals surface area contributed by atoms with Gasteiger partial charge in [0.25, 0.3) is 5.91 Å². The molecule has 1 aromatic heterocycles. The minimum Gasteiger partial charge on any atom is -0.279 e. The van der Waals surface area contributed by atoms with Gasteiger partial charge in [0.05, 0.1) is 16.8 Å². The summed E-state index contributed by atoms with van der Waals surface area (Å²) in [5, 5.41) is 1.31. The zero-order valence-electron chi connectivity index (χ0n) is 16.3. The highest BCUT2D eigenvalue weighted by Crippen LogP contribution is 2.34. The molecule has 0 spiro atoms. The number of carbonyl (C=O) groups excluding carboxylic acids is 1. The Balaban J connectivity index is 1.79. The van der Waals surface area contributed by atoms with Gasteiger partial charge in [-0.15, -0.1) is 0 Å². The third kappa shape index (κ3) is 4.19. The first-order chi connectivity index (χ1) is 14.0. The van der Waals surface area contributed by atoms with Gasteiger partial charge in [0.1, 0.15) is 0 Å². The van der Waals surface area contributed by atoms with E-state index in [9.17, 15) is 4.79 Å². The van der Waals surface area contributed by atoms with Crippen molar-refractivity contribution in [1.29, 1.82) is 0 Å². The number of para-hydroxylation sites is 1. The molecule has 0 atom stereocenters. The Morgan fingerprint density at radius 2 is 1.72 bits per heavy atom. The molecular formula is C24H21ClN2OS. The van der Waals surface area contributed by atoms with Crippen LogP contribution in [-0.2, 0) is 6.54 Å². The van der Waals surface area contributed by atoms with Crippen LogP contribution < -0.4 is 4.90 Å². The zero-order chi connectivity index (χ0) is 20.4. The van der Waals surface area contributed by atoms with Crippen molar-refractivity contribution in [2.24, 2.45) is 0 Å². The molecule has 29 heavy (non-hydrogen) atoms. The SMILES string of the molecule is CC(C)c1cccc2sc(N(Cc3ccccc3)C(=O)c3ccc(Cl)cc3)nc12. The van der Waals surface area contributed by atoms with Gasteiger partial charge in [0.2, 0.25) is 0 Å². The highest BCUT2D eigenvalue weighted by molar-refractivity contribution is 7.22. The lowest BCUT2D eigenvalue weighted by Gasteiger charge is -2.20. The molecule has 1 heterocycles. The van der Waals surface area contributed by atoms with E-state index in [2.05, 4.69) is 32.0 Å². The van der Waals surface area contributed by atoms with Crippen LogP contribution in [0.3, 0.4) is 0 Å². The highest BCUT2D eigenvalue weighted by Gasteiger charge is 2.22. The first kappa shape index (κ1) is 19.6. The number of carbonyl (C=O) groups is 1. The second-order valence-electron chi connectivity index (χ2n) is 7.23. The van der Waals surface area contributed by atoms with Crippen molar-refractivity contribution in [2.45, 2.75) is 26.3 Å². The van der Waals surface area contributed by atoms with Gasteiger partial charge in [-0.3, -0.25) is 9.69 Å². The first-order valence-electron chi connectivity index (χ1n) is 9.54. The van der Waals surface area contributed by atoms with Gasteiger partial charge in [0, 0.05) is 10.6 Å². The quantitative estimate of drug-likeness (QED) is 0.351. The lowest BCUT2D eigenvalue weighted by Crippen LogP contribution is -2.30. The molecule has 0 saturated heterocycles. The van der Waals surface area contributed by atoms with Crippen molar-refractivity contribution >= 4 is 44.2 Å². The van der Waals surface area contributed by atoms with Crippen LogP contribution in [0, 0.1) is 0 Å². The van der Waals surface area contributed by atoms with E-state index in [1.807, 2.05) is 30.3 Å². The molecule has 4 aromatic rings. The minimum absolute atomic E-state index is 0.0873. The van der Waals surface area contributed by atoms with Crippen LogP contribution in [-0.4, -0.2) is 10.9 Å². The molecule has 1 amide bonds. The number of nitrogens with zero attached hydrogens (tertiary/aromatic N) is 2. The molecule has 0 aliphatic rings. The van der Waals surface area contributed by atoms with E-state index in [0.717, 1.165) is 15.8 Å². The molecule has 0 aliphatic heterocycles. The van der Waals surface area contributed by atoms with Crippen LogP contribution in [0.4, 0.5) is 5.13 Å². The topological polar surface area (TPSA) is 33.2 Å². The summed E-state index contributed by atoms with van der Waals surface area (Å²) >= 11 is 7.56. The second-order valence-corrected chi connectivity index (χ2v) is 8.67. The average Bonchev–Trinajstić information content (AvgIpc) is 3.16. The number of fused-ring (bicyclic) bond motifs is 1. The van der Waals surface area contributed by atoms with E-state index in [-0.39, 0.29) is 5.91 Å². The van der Waals surface area contributed by atoms with E-state index >= 15 is 0 Å². The van der Waals surface area contributed by atoms with E-state index in [1.165, 1.54) is 5.56 Å². The van der Waals surface area contributed by atoms with Crippen molar-refractivity contribution in [3.8, 4) is 0 Å². The number of rotatable bonds is 5. The first-order valence-corrected chi connectivity index (χ1v) is 10.7. The highest BCUT2D eigenvalue weighted by atomic mass is 35.5. The lowest BCUT2D eigenvalue weighted by atomic mass is 10.0. The molecule has 4 rings (SSSR count). The Morgan fingerprint density at radius 1 is 1.00 bits per heavy atom. The fourth-order valence-electron chi connectivity index (χ4n) is 3.28. The molecule has 0 unspecified atom stereocenters. The van der Waals surface area contributed by atoms with Gasteiger partial charge >= 0.3 is 0 Å². The monoisotopic (exact) mass is 420 g/mol. The van der Waals surface area contributed by atoms with E-state index < -0.39 is 0 Å². The molecule has 146 valence electrons. The second kappa shape index (κ2) is 8.36. The fourth-order valence-corrected chi connectivity index (χ4v) is 4.40. The molecule has 0 N–H and O–H groups in total. The van der Waals surface area contributed by atoms with E-state index in [4.69, 9.17) is 16.6 Å². The van der Waals surface area contributed by atoms with Crippen LogP contribution in [0.15, 0.2) is 72.8 Å². The van der Waals surface area contributed by atoms with Gasteiger partial charge in [-0.25, -0.2) is 4.98 Å². The number of benzene rings is 3. The maximum Gasteiger partial charge on any atom is 0.260 e. The Hall–Kier alpha value is -2.69. The molecule has 0 radical (unpaired) electrons. The van der Waals surface area contributed by atoms with Gasteiger partial charge in [0.15, 0.2) is 5.13 Å². The predicted molar refractivity (Wildman–Crippen MR) is 122 cm³/mol. The largest absolute Gasteiger partial charge is 0.279 e. The smallest absolute Gasteiger partial charge is 0.260 e. The zero-order valence-corrected chi connectivity index (χ0v) is 17.9. The normalized spacial score (nSPS) is 11.2. The number of amides is 1. The van der Waals surface area contributed by atoms with Crippen molar-refractivity contribution in [2.75, 3.05) is 4.90 Å². The van der Waals surface area contributed by atoms with Crippen LogP contribution >= 0.6 is 22.9 Å². The summed E-state index contributed by atoms with van der Waals surface area (Å²) < 4.78 is 1.09. The number of anilines is 1. The lowest BCUT2D eigenvalue weighted by molar-refractivity contribution is 0.0985. The van der Waals surface area contributed by atoms with Gasteiger partial charge < -0.3 is 0 Å².